The van der Waals surface area contributed by atoms with Crippen LogP contribution in [0.3, 0.4) is 0 Å². The summed E-state index contributed by atoms with van der Waals surface area (Å²) in [5.41, 5.74) is 3.91. The minimum absolute atomic E-state index is 0.738. The summed E-state index contributed by atoms with van der Waals surface area (Å²) in [5.74, 6) is 0. The topological polar surface area (TPSA) is 42.7 Å². The maximum Gasteiger partial charge on any atom is 0.0858 e. The molecule has 2 aromatic rings. The molecular formula is C11H12N4. The number of hydrogen-bond donors (Lipinski definition) is 1. The Labute approximate surface area is 87.9 Å². The van der Waals surface area contributed by atoms with E-state index >= 15 is 0 Å². The van der Waals surface area contributed by atoms with Crippen molar-refractivity contribution >= 4 is 5.69 Å². The van der Waals surface area contributed by atoms with E-state index in [-0.39, 0.29) is 0 Å². The Morgan fingerprint density at radius 3 is 3.00 bits per heavy atom. The maximum absolute atomic E-state index is 4.09. The second-order valence-electron chi connectivity index (χ2n) is 3.73. The zero-order chi connectivity index (χ0) is 10.1. The van der Waals surface area contributed by atoms with Crippen molar-refractivity contribution in [2.75, 3.05) is 11.9 Å². The van der Waals surface area contributed by atoms with Crippen LogP contribution in [0.5, 0.6) is 0 Å². The molecule has 1 aromatic heterocycles. The van der Waals surface area contributed by atoms with Crippen molar-refractivity contribution in [2.24, 2.45) is 0 Å². The van der Waals surface area contributed by atoms with E-state index in [4.69, 9.17) is 0 Å². The summed E-state index contributed by atoms with van der Waals surface area (Å²) in [4.78, 5) is 1.69. The number of rotatable bonds is 2. The Morgan fingerprint density at radius 1 is 1.27 bits per heavy atom. The largest absolute Gasteiger partial charge is 0.384 e. The van der Waals surface area contributed by atoms with Crippen molar-refractivity contribution in [1.82, 2.24) is 15.0 Å². The summed E-state index contributed by atoms with van der Waals surface area (Å²) in [7, 11) is 0. The van der Waals surface area contributed by atoms with Crippen molar-refractivity contribution in [3.8, 4) is 0 Å². The molecule has 2 heterocycles. The number of aromatic nitrogens is 3. The molecule has 0 saturated carbocycles. The van der Waals surface area contributed by atoms with Crippen LogP contribution in [-0.2, 0) is 13.0 Å². The predicted molar refractivity (Wildman–Crippen MR) is 57.8 cm³/mol. The monoisotopic (exact) mass is 200 g/mol. The van der Waals surface area contributed by atoms with Gasteiger partial charge in [0, 0.05) is 12.2 Å². The molecule has 0 radical (unpaired) electrons. The molecule has 1 N–H and O–H groups in total. The first kappa shape index (κ1) is 8.47. The number of nitrogens with one attached hydrogen (secondary N) is 1. The molecule has 0 saturated heterocycles. The van der Waals surface area contributed by atoms with E-state index in [0.29, 0.717) is 0 Å². The second-order valence-corrected chi connectivity index (χ2v) is 3.73. The van der Waals surface area contributed by atoms with Crippen LogP contribution in [0.2, 0.25) is 0 Å². The number of anilines is 1. The first-order valence-corrected chi connectivity index (χ1v) is 5.11. The summed E-state index contributed by atoms with van der Waals surface area (Å²) in [6, 6.07) is 6.52. The van der Waals surface area contributed by atoms with Gasteiger partial charge in [0.2, 0.25) is 0 Å². The molecular weight excluding hydrogens is 188 g/mol. The van der Waals surface area contributed by atoms with Gasteiger partial charge in [-0.15, -0.1) is 0 Å². The van der Waals surface area contributed by atoms with E-state index in [1.165, 1.54) is 16.8 Å². The van der Waals surface area contributed by atoms with Gasteiger partial charge in [-0.1, -0.05) is 12.1 Å². The quantitative estimate of drug-likeness (QED) is 0.794. The maximum atomic E-state index is 4.09. The van der Waals surface area contributed by atoms with Gasteiger partial charge in [0.1, 0.15) is 0 Å². The molecule has 0 atom stereocenters. The fourth-order valence-corrected chi connectivity index (χ4v) is 1.92. The van der Waals surface area contributed by atoms with Crippen LogP contribution in [0, 0.1) is 0 Å². The minimum Gasteiger partial charge on any atom is -0.384 e. The zero-order valence-corrected chi connectivity index (χ0v) is 8.35. The standard InChI is InChI=1S/C11H12N4/c1-2-10-3-4-12-11(10)7-9(1)8-15-13-5-6-14-15/h1-2,5-7,12H,3-4,8H2. The van der Waals surface area contributed by atoms with Crippen LogP contribution in [0.15, 0.2) is 30.6 Å². The van der Waals surface area contributed by atoms with Gasteiger partial charge in [0.15, 0.2) is 0 Å². The average molecular weight is 200 g/mol. The van der Waals surface area contributed by atoms with Crippen LogP contribution >= 0.6 is 0 Å². The third kappa shape index (κ3) is 1.58. The second kappa shape index (κ2) is 3.38. The van der Waals surface area contributed by atoms with Crippen molar-refractivity contribution in [3.05, 3.63) is 41.7 Å². The minimum atomic E-state index is 0.738. The average Bonchev–Trinajstić information content (AvgIpc) is 2.87. The van der Waals surface area contributed by atoms with E-state index in [9.17, 15) is 0 Å². The van der Waals surface area contributed by atoms with Gasteiger partial charge in [-0.2, -0.15) is 15.0 Å². The molecule has 0 aliphatic carbocycles. The molecule has 1 aliphatic rings. The number of hydrogen-bond acceptors (Lipinski definition) is 3. The molecule has 4 nitrogen and oxygen atoms in total. The van der Waals surface area contributed by atoms with Gasteiger partial charge in [-0.05, 0) is 23.6 Å². The molecule has 1 aromatic carbocycles. The summed E-state index contributed by atoms with van der Waals surface area (Å²) in [6.45, 7) is 1.79. The van der Waals surface area contributed by atoms with Gasteiger partial charge < -0.3 is 5.32 Å². The smallest absolute Gasteiger partial charge is 0.0858 e. The highest BCUT2D eigenvalue weighted by molar-refractivity contribution is 5.56. The lowest BCUT2D eigenvalue weighted by atomic mass is 10.1. The lowest BCUT2D eigenvalue weighted by Gasteiger charge is -2.04. The molecule has 0 spiro atoms. The molecule has 3 rings (SSSR count). The highest BCUT2D eigenvalue weighted by Crippen LogP contribution is 2.23. The Hall–Kier alpha value is -1.84. The van der Waals surface area contributed by atoms with Crippen LogP contribution in [0.25, 0.3) is 0 Å². The Morgan fingerprint density at radius 2 is 2.13 bits per heavy atom. The number of benzene rings is 1. The highest BCUT2D eigenvalue weighted by Gasteiger charge is 2.09. The fourth-order valence-electron chi connectivity index (χ4n) is 1.92. The van der Waals surface area contributed by atoms with Crippen molar-refractivity contribution < 1.29 is 0 Å². The normalized spacial score (nSPS) is 13.6. The fraction of sp³-hybridized carbons (Fsp3) is 0.273. The molecule has 0 unspecified atom stereocenters. The van der Waals surface area contributed by atoms with E-state index in [1.807, 2.05) is 0 Å². The first-order valence-electron chi connectivity index (χ1n) is 5.11. The van der Waals surface area contributed by atoms with Gasteiger partial charge >= 0.3 is 0 Å². The Kier molecular flexibility index (Phi) is 1.91. The lowest BCUT2D eigenvalue weighted by Crippen LogP contribution is -2.03. The van der Waals surface area contributed by atoms with E-state index in [2.05, 4.69) is 33.7 Å². The number of fused-ring (bicyclic) bond motifs is 1. The summed E-state index contributed by atoms with van der Waals surface area (Å²) >= 11 is 0. The van der Waals surface area contributed by atoms with Gasteiger partial charge in [-0.25, -0.2) is 0 Å². The lowest BCUT2D eigenvalue weighted by molar-refractivity contribution is 0.591. The molecule has 1 aliphatic heterocycles. The Bertz CT molecular complexity index is 461. The van der Waals surface area contributed by atoms with Crippen molar-refractivity contribution in [2.45, 2.75) is 13.0 Å². The van der Waals surface area contributed by atoms with Gasteiger partial charge in [-0.3, -0.25) is 0 Å². The summed E-state index contributed by atoms with van der Waals surface area (Å²) < 4.78 is 0. The van der Waals surface area contributed by atoms with Crippen LogP contribution in [0.1, 0.15) is 11.1 Å². The van der Waals surface area contributed by atoms with Crippen molar-refractivity contribution in [3.63, 3.8) is 0 Å². The van der Waals surface area contributed by atoms with Gasteiger partial charge in [0.25, 0.3) is 0 Å². The molecule has 0 fully saturated rings. The SMILES string of the molecule is c1cnn(Cc2ccc3c(c2)NCC3)n1. The number of nitrogens with zero attached hydrogens (tertiary/aromatic N) is 3. The third-order valence-corrected chi connectivity index (χ3v) is 2.67. The zero-order valence-electron chi connectivity index (χ0n) is 8.35. The predicted octanol–water partition coefficient (Wildman–Crippen LogP) is 1.29. The molecule has 15 heavy (non-hydrogen) atoms. The van der Waals surface area contributed by atoms with E-state index < -0.39 is 0 Å². The first-order chi connectivity index (χ1) is 7.42. The third-order valence-electron chi connectivity index (χ3n) is 2.67. The molecule has 0 bridgehead atoms. The molecule has 0 amide bonds. The van der Waals surface area contributed by atoms with E-state index in [0.717, 1.165) is 19.5 Å². The van der Waals surface area contributed by atoms with Crippen LogP contribution in [-0.4, -0.2) is 21.5 Å². The Balaban J connectivity index is 1.87. The van der Waals surface area contributed by atoms with E-state index in [1.54, 1.807) is 17.2 Å². The van der Waals surface area contributed by atoms with Crippen LogP contribution < -0.4 is 5.32 Å². The van der Waals surface area contributed by atoms with Crippen molar-refractivity contribution in [1.29, 1.82) is 0 Å². The summed E-state index contributed by atoms with van der Waals surface area (Å²) in [6.07, 6.45) is 4.53. The van der Waals surface area contributed by atoms with Crippen LogP contribution in [0.4, 0.5) is 5.69 Å². The van der Waals surface area contributed by atoms with Gasteiger partial charge in [0.05, 0.1) is 18.9 Å². The highest BCUT2D eigenvalue weighted by atomic mass is 15.5. The summed E-state index contributed by atoms with van der Waals surface area (Å²) in [5, 5.41) is 11.6. The molecule has 76 valence electrons. The molecule has 4 heteroatoms.